The number of ether oxygens (including phenoxy) is 1. The van der Waals surface area contributed by atoms with Gasteiger partial charge >= 0.3 is 6.09 Å². The van der Waals surface area contributed by atoms with Crippen molar-refractivity contribution in [2.75, 3.05) is 13.1 Å². The van der Waals surface area contributed by atoms with E-state index in [4.69, 9.17) is 4.74 Å². The molecule has 0 aromatic rings. The van der Waals surface area contributed by atoms with Gasteiger partial charge in [0.05, 0.1) is 6.21 Å². The Morgan fingerprint density at radius 3 is 2.27 bits per heavy atom. The molecule has 0 spiro atoms. The van der Waals surface area contributed by atoms with Crippen molar-refractivity contribution < 1.29 is 14.1 Å². The molecule has 6 heteroatoms. The Morgan fingerprint density at radius 2 is 1.82 bits per heavy atom. The van der Waals surface area contributed by atoms with Gasteiger partial charge in [-0.3, -0.25) is 0 Å². The van der Waals surface area contributed by atoms with E-state index in [9.17, 15) is 9.35 Å². The number of carbonyl (C=O) groups excluding carboxylic acids is 1. The van der Waals surface area contributed by atoms with Gasteiger partial charge in [-0.1, -0.05) is 4.40 Å². The predicted molar refractivity (Wildman–Crippen MR) is 91.5 cm³/mol. The van der Waals surface area contributed by atoms with E-state index in [-0.39, 0.29) is 10.8 Å². The Bertz CT molecular complexity index is 391. The summed E-state index contributed by atoms with van der Waals surface area (Å²) in [7, 11) is 0. The van der Waals surface area contributed by atoms with Crippen LogP contribution in [-0.2, 0) is 16.1 Å². The van der Waals surface area contributed by atoms with E-state index in [0.29, 0.717) is 5.92 Å². The van der Waals surface area contributed by atoms with Crippen LogP contribution in [0.5, 0.6) is 0 Å². The Morgan fingerprint density at radius 1 is 1.27 bits per heavy atom. The topological polar surface area (TPSA) is 65.0 Å². The third-order valence-electron chi connectivity index (χ3n) is 3.40. The Balaban J connectivity index is 2.34. The van der Waals surface area contributed by atoms with Crippen LogP contribution in [0, 0.1) is 5.92 Å². The van der Waals surface area contributed by atoms with Gasteiger partial charge in [0.2, 0.25) is 0 Å². The summed E-state index contributed by atoms with van der Waals surface area (Å²) in [6, 6.07) is 0. The standard InChI is InChI=1S/C16H30N2O3S/c1-15(2,3)21-14(19)18-11-8-13(9-12-18)7-10-17-22(20)16(4,5)6/h10,13H,7-9,11-12H2,1-6H3/b17-10+. The van der Waals surface area contributed by atoms with Gasteiger partial charge < -0.3 is 14.2 Å². The van der Waals surface area contributed by atoms with E-state index in [0.717, 1.165) is 32.4 Å². The largest absolute Gasteiger partial charge is 0.591 e. The summed E-state index contributed by atoms with van der Waals surface area (Å²) in [6.07, 6.45) is 4.26. The molecule has 0 saturated carbocycles. The second-order valence-corrected chi connectivity index (χ2v) is 9.73. The lowest BCUT2D eigenvalue weighted by Crippen LogP contribution is -2.41. The van der Waals surface area contributed by atoms with Crippen LogP contribution >= 0.6 is 0 Å². The molecule has 22 heavy (non-hydrogen) atoms. The van der Waals surface area contributed by atoms with Crippen molar-refractivity contribution in [3.05, 3.63) is 0 Å². The number of hydrogen-bond acceptors (Lipinski definition) is 4. The minimum Gasteiger partial charge on any atom is -0.591 e. The number of piperidine rings is 1. The highest BCUT2D eigenvalue weighted by molar-refractivity contribution is 7.91. The summed E-state index contributed by atoms with van der Waals surface area (Å²) in [5.41, 5.74) is -0.447. The number of hydrogen-bond donors (Lipinski definition) is 0. The van der Waals surface area contributed by atoms with Crippen molar-refractivity contribution in [1.82, 2.24) is 4.90 Å². The average Bonchev–Trinajstić information content (AvgIpc) is 2.36. The molecule has 1 aliphatic heterocycles. The highest BCUT2D eigenvalue weighted by Crippen LogP contribution is 2.22. The van der Waals surface area contributed by atoms with Gasteiger partial charge in [-0.25, -0.2) is 4.79 Å². The highest BCUT2D eigenvalue weighted by Gasteiger charge is 2.28. The molecule has 1 saturated heterocycles. The molecule has 1 unspecified atom stereocenters. The monoisotopic (exact) mass is 330 g/mol. The van der Waals surface area contributed by atoms with E-state index in [1.54, 1.807) is 11.1 Å². The molecule has 0 aromatic heterocycles. The zero-order valence-corrected chi connectivity index (χ0v) is 15.5. The maximum Gasteiger partial charge on any atom is 0.410 e. The quantitative estimate of drug-likeness (QED) is 0.587. The van der Waals surface area contributed by atoms with E-state index in [1.807, 2.05) is 41.5 Å². The highest BCUT2D eigenvalue weighted by atomic mass is 32.2. The Labute approximate surface area is 137 Å². The number of amides is 1. The molecule has 1 fully saturated rings. The first-order valence-electron chi connectivity index (χ1n) is 7.91. The third kappa shape index (κ3) is 7.01. The predicted octanol–water partition coefficient (Wildman–Crippen LogP) is 3.56. The molecule has 1 heterocycles. The van der Waals surface area contributed by atoms with Crippen molar-refractivity contribution in [3.8, 4) is 0 Å². The first-order valence-corrected chi connectivity index (χ1v) is 9.02. The molecule has 0 radical (unpaired) electrons. The van der Waals surface area contributed by atoms with Gasteiger partial charge in [-0.2, -0.15) is 0 Å². The summed E-state index contributed by atoms with van der Waals surface area (Å²) in [5.74, 6) is 0.499. The summed E-state index contributed by atoms with van der Waals surface area (Å²) >= 11 is -1.18. The molecule has 0 bridgehead atoms. The van der Waals surface area contributed by atoms with Gasteiger partial charge in [0.25, 0.3) is 0 Å². The molecule has 0 N–H and O–H groups in total. The molecule has 0 aliphatic carbocycles. The molecule has 5 nitrogen and oxygen atoms in total. The van der Waals surface area contributed by atoms with Crippen molar-refractivity contribution in [3.63, 3.8) is 0 Å². The Kier molecular flexibility index (Phi) is 6.74. The fourth-order valence-electron chi connectivity index (χ4n) is 2.10. The van der Waals surface area contributed by atoms with Gasteiger partial charge in [-0.05, 0) is 66.7 Å². The molecular formula is C16H30N2O3S. The van der Waals surface area contributed by atoms with Crippen LogP contribution in [-0.4, -0.2) is 45.2 Å². The van der Waals surface area contributed by atoms with Gasteiger partial charge in [0, 0.05) is 13.1 Å². The number of likely N-dealkylation sites (tertiary alicyclic amines) is 1. The van der Waals surface area contributed by atoms with Crippen LogP contribution in [0.1, 0.15) is 60.8 Å². The van der Waals surface area contributed by atoms with Crippen LogP contribution < -0.4 is 0 Å². The smallest absolute Gasteiger partial charge is 0.410 e. The minimum absolute atomic E-state index is 0.228. The van der Waals surface area contributed by atoms with Gasteiger partial charge in [-0.15, -0.1) is 0 Å². The summed E-state index contributed by atoms with van der Waals surface area (Å²) in [6.45, 7) is 12.8. The van der Waals surface area contributed by atoms with E-state index < -0.39 is 17.0 Å². The Hall–Kier alpha value is -0.750. The van der Waals surface area contributed by atoms with Crippen molar-refractivity contribution >= 4 is 23.7 Å². The van der Waals surface area contributed by atoms with Crippen molar-refractivity contribution in [2.45, 2.75) is 71.2 Å². The van der Waals surface area contributed by atoms with Crippen LogP contribution in [0.4, 0.5) is 4.79 Å². The minimum atomic E-state index is -1.18. The molecule has 1 atom stereocenters. The maximum atomic E-state index is 12.0. The molecule has 1 rings (SSSR count). The van der Waals surface area contributed by atoms with E-state index in [1.165, 1.54) is 0 Å². The van der Waals surface area contributed by atoms with Gasteiger partial charge in [0.15, 0.2) is 0 Å². The van der Waals surface area contributed by atoms with Crippen LogP contribution in [0.25, 0.3) is 0 Å². The van der Waals surface area contributed by atoms with Crippen molar-refractivity contribution in [2.24, 2.45) is 10.3 Å². The number of rotatable bonds is 3. The lowest BCUT2D eigenvalue weighted by atomic mass is 9.94. The maximum absolute atomic E-state index is 12.0. The molecule has 1 amide bonds. The lowest BCUT2D eigenvalue weighted by molar-refractivity contribution is 0.0187. The number of carbonyl (C=O) groups is 1. The molecule has 128 valence electrons. The van der Waals surface area contributed by atoms with Crippen LogP contribution in [0.2, 0.25) is 0 Å². The average molecular weight is 330 g/mol. The first kappa shape index (κ1) is 19.3. The third-order valence-corrected chi connectivity index (χ3v) is 4.79. The summed E-state index contributed by atoms with van der Waals surface area (Å²) in [4.78, 5) is 13.7. The lowest BCUT2D eigenvalue weighted by Gasteiger charge is -2.33. The van der Waals surface area contributed by atoms with Crippen molar-refractivity contribution in [1.29, 1.82) is 0 Å². The second-order valence-electron chi connectivity index (χ2n) is 7.80. The number of nitrogens with zero attached hydrogens (tertiary/aromatic N) is 2. The van der Waals surface area contributed by atoms with Crippen LogP contribution in [0.3, 0.4) is 0 Å². The fraction of sp³-hybridized carbons (Fsp3) is 0.875. The second kappa shape index (κ2) is 7.68. The van der Waals surface area contributed by atoms with Crippen LogP contribution in [0.15, 0.2) is 4.40 Å². The molecule has 1 aliphatic rings. The zero-order chi connectivity index (χ0) is 17.0. The zero-order valence-electron chi connectivity index (χ0n) is 14.7. The van der Waals surface area contributed by atoms with E-state index in [2.05, 4.69) is 4.40 Å². The van der Waals surface area contributed by atoms with Gasteiger partial charge in [0.1, 0.15) is 21.7 Å². The SMILES string of the molecule is CC(C)(C)OC(=O)N1CCC(C/C=N/[S+]([O-])C(C)(C)C)CC1. The molecular weight excluding hydrogens is 300 g/mol. The normalized spacial score (nSPS) is 19.5. The first-order chi connectivity index (χ1) is 9.99. The molecule has 0 aromatic carbocycles. The fourth-order valence-corrected chi connectivity index (χ4v) is 2.63. The summed E-state index contributed by atoms with van der Waals surface area (Å²) in [5, 5.41) is 0. The summed E-state index contributed by atoms with van der Waals surface area (Å²) < 4.78 is 21.0. The van der Waals surface area contributed by atoms with E-state index >= 15 is 0 Å².